The first-order valence-electron chi connectivity index (χ1n) is 15.7. The van der Waals surface area contributed by atoms with Crippen molar-refractivity contribution in [1.82, 2.24) is 19.7 Å². The molecule has 4 amide bonds. The van der Waals surface area contributed by atoms with E-state index in [1.165, 1.54) is 0 Å². The highest BCUT2D eigenvalue weighted by Gasteiger charge is 2.35. The third kappa shape index (κ3) is 6.89. The van der Waals surface area contributed by atoms with Crippen molar-refractivity contribution in [2.75, 3.05) is 55.2 Å². The van der Waals surface area contributed by atoms with Crippen LogP contribution in [0.5, 0.6) is 0 Å². The average Bonchev–Trinajstić information content (AvgIpc) is 3.53. The zero-order valence-electron chi connectivity index (χ0n) is 25.6. The minimum Gasteiger partial charge on any atom is -0.397 e. The van der Waals surface area contributed by atoms with Gasteiger partial charge in [0.15, 0.2) is 0 Å². The molecule has 2 saturated heterocycles. The van der Waals surface area contributed by atoms with Gasteiger partial charge in [-0.2, -0.15) is 0 Å². The number of nitrogen functional groups attached to an aromatic ring is 1. The molecule has 0 aliphatic carbocycles. The molecule has 0 radical (unpaired) electrons. The molecule has 5 heterocycles. The van der Waals surface area contributed by atoms with E-state index in [-0.39, 0.29) is 30.3 Å². The number of amides is 4. The standard InChI is InChI=1S/C33H40ClN7O3S/c1-2-23-17-22(19-27(34)31(23)35)18-24(32(43)40-14-12-38(13-15-40)25-3-8-36-9-4-25)20-30(42)39-10-5-26(6-11-39)41-21-29-28(7-16-45-29)37-33(41)44/h3-4,7-9,16-17,19,24,26H,2,5-6,10-15,18,20-21,35H2,1H3,(H,37,44)/t24-/m0/s1. The van der Waals surface area contributed by atoms with Crippen LogP contribution in [0, 0.1) is 5.92 Å². The Balaban J connectivity index is 1.12. The Morgan fingerprint density at radius 2 is 1.80 bits per heavy atom. The summed E-state index contributed by atoms with van der Waals surface area (Å²) in [5.41, 5.74) is 10.6. The SMILES string of the molecule is CCc1cc(C[C@@H](CC(=O)N2CCC(N3Cc4sccc4NC3=O)CC2)C(=O)N2CCN(c3ccncc3)CC2)cc(Cl)c1N. The van der Waals surface area contributed by atoms with Gasteiger partial charge in [-0.3, -0.25) is 14.6 Å². The summed E-state index contributed by atoms with van der Waals surface area (Å²) < 4.78 is 0. The molecule has 2 fully saturated rings. The van der Waals surface area contributed by atoms with Gasteiger partial charge in [-0.25, -0.2) is 4.79 Å². The normalized spacial score (nSPS) is 18.0. The molecular weight excluding hydrogens is 610 g/mol. The number of aryl methyl sites for hydroxylation is 1. The number of nitrogens with two attached hydrogens (primary N) is 1. The van der Waals surface area contributed by atoms with Crippen molar-refractivity contribution in [3.05, 3.63) is 69.1 Å². The van der Waals surface area contributed by atoms with E-state index in [2.05, 4.69) is 15.2 Å². The van der Waals surface area contributed by atoms with Crippen LogP contribution < -0.4 is 16.0 Å². The van der Waals surface area contributed by atoms with Gasteiger partial charge in [0.2, 0.25) is 11.8 Å². The fourth-order valence-corrected chi connectivity index (χ4v) is 7.82. The van der Waals surface area contributed by atoms with E-state index >= 15 is 0 Å². The van der Waals surface area contributed by atoms with Crippen LogP contribution in [0.4, 0.5) is 21.9 Å². The molecule has 1 aromatic carbocycles. The van der Waals surface area contributed by atoms with Crippen molar-refractivity contribution in [3.8, 4) is 0 Å². The molecular formula is C33H40ClN7O3S. The summed E-state index contributed by atoms with van der Waals surface area (Å²) in [4.78, 5) is 53.8. The summed E-state index contributed by atoms with van der Waals surface area (Å²) in [6, 6.07) is 9.75. The number of fused-ring (bicyclic) bond motifs is 1. The summed E-state index contributed by atoms with van der Waals surface area (Å²) in [6.07, 6.45) is 6.24. The number of pyridine rings is 1. The Labute approximate surface area is 273 Å². The Kier molecular flexibility index (Phi) is 9.46. The van der Waals surface area contributed by atoms with Crippen molar-refractivity contribution in [3.63, 3.8) is 0 Å². The molecule has 3 N–H and O–H groups in total. The number of nitrogens with zero attached hydrogens (tertiary/aromatic N) is 5. The largest absolute Gasteiger partial charge is 0.397 e. The maximum absolute atomic E-state index is 14.1. The number of anilines is 3. The van der Waals surface area contributed by atoms with E-state index in [4.69, 9.17) is 17.3 Å². The number of piperidine rings is 1. The number of rotatable bonds is 8. The van der Waals surface area contributed by atoms with Crippen LogP contribution in [-0.2, 0) is 29.0 Å². The molecule has 1 atom stereocenters. The summed E-state index contributed by atoms with van der Waals surface area (Å²) >= 11 is 8.13. The molecule has 3 aliphatic rings. The van der Waals surface area contributed by atoms with Crippen LogP contribution in [0.25, 0.3) is 0 Å². The van der Waals surface area contributed by atoms with E-state index in [0.29, 0.717) is 75.8 Å². The highest BCUT2D eigenvalue weighted by Crippen LogP contribution is 2.32. The Hall–Kier alpha value is -3.83. The third-order valence-electron chi connectivity index (χ3n) is 9.35. The second-order valence-electron chi connectivity index (χ2n) is 12.1. The van der Waals surface area contributed by atoms with E-state index in [9.17, 15) is 14.4 Å². The predicted molar refractivity (Wildman–Crippen MR) is 179 cm³/mol. The number of benzene rings is 1. The van der Waals surface area contributed by atoms with E-state index in [0.717, 1.165) is 33.8 Å². The second-order valence-corrected chi connectivity index (χ2v) is 13.5. The highest BCUT2D eigenvalue weighted by molar-refractivity contribution is 7.10. The lowest BCUT2D eigenvalue weighted by Crippen LogP contribution is -2.52. The van der Waals surface area contributed by atoms with Gasteiger partial charge in [0.05, 0.1) is 28.9 Å². The Morgan fingerprint density at radius 1 is 1.07 bits per heavy atom. The zero-order chi connectivity index (χ0) is 31.5. The van der Waals surface area contributed by atoms with Gasteiger partial charge < -0.3 is 30.7 Å². The van der Waals surface area contributed by atoms with Gasteiger partial charge in [-0.05, 0) is 66.5 Å². The second kappa shape index (κ2) is 13.7. The molecule has 0 bridgehead atoms. The highest BCUT2D eigenvalue weighted by atomic mass is 35.5. The van der Waals surface area contributed by atoms with Gasteiger partial charge in [-0.15, -0.1) is 11.3 Å². The first kappa shape index (κ1) is 31.2. The summed E-state index contributed by atoms with van der Waals surface area (Å²) in [5.74, 6) is -0.546. The molecule has 45 heavy (non-hydrogen) atoms. The molecule has 0 saturated carbocycles. The van der Waals surface area contributed by atoms with Crippen LogP contribution in [0.15, 0.2) is 48.1 Å². The fraction of sp³-hybridized carbons (Fsp3) is 0.455. The van der Waals surface area contributed by atoms with Crippen molar-refractivity contribution < 1.29 is 14.4 Å². The lowest BCUT2D eigenvalue weighted by Gasteiger charge is -2.40. The number of thiophene rings is 1. The summed E-state index contributed by atoms with van der Waals surface area (Å²) in [5, 5.41) is 5.47. The van der Waals surface area contributed by atoms with Crippen LogP contribution in [0.3, 0.4) is 0 Å². The van der Waals surface area contributed by atoms with Crippen molar-refractivity contribution >= 4 is 57.8 Å². The van der Waals surface area contributed by atoms with Gasteiger partial charge in [0, 0.05) is 74.7 Å². The number of halogens is 1. The molecule has 3 aromatic rings. The van der Waals surface area contributed by atoms with Crippen molar-refractivity contribution in [1.29, 1.82) is 0 Å². The molecule has 2 aromatic heterocycles. The number of piperazine rings is 1. The Morgan fingerprint density at radius 3 is 2.51 bits per heavy atom. The lowest BCUT2D eigenvalue weighted by atomic mass is 9.91. The molecule has 238 valence electrons. The number of urea groups is 1. The molecule has 10 nitrogen and oxygen atoms in total. The van der Waals surface area contributed by atoms with Gasteiger partial charge in [0.1, 0.15) is 0 Å². The maximum atomic E-state index is 14.1. The van der Waals surface area contributed by atoms with Crippen LogP contribution in [0.1, 0.15) is 42.2 Å². The quantitative estimate of drug-likeness (QED) is 0.336. The first-order valence-corrected chi connectivity index (χ1v) is 17.0. The number of hydrogen-bond acceptors (Lipinski definition) is 7. The van der Waals surface area contributed by atoms with E-state index in [1.54, 1.807) is 23.7 Å². The molecule has 12 heteroatoms. The topological polar surface area (TPSA) is 115 Å². The monoisotopic (exact) mass is 649 g/mol. The third-order valence-corrected chi connectivity index (χ3v) is 10.6. The summed E-state index contributed by atoms with van der Waals surface area (Å²) in [7, 11) is 0. The molecule has 0 unspecified atom stereocenters. The van der Waals surface area contributed by atoms with Gasteiger partial charge in [-0.1, -0.05) is 24.6 Å². The Bertz CT molecular complexity index is 1530. The number of likely N-dealkylation sites (tertiary alicyclic amines) is 1. The number of nitrogens with one attached hydrogen (secondary N) is 1. The fourth-order valence-electron chi connectivity index (χ4n) is 6.73. The number of hydrogen-bond donors (Lipinski definition) is 2. The van der Waals surface area contributed by atoms with Crippen LogP contribution >= 0.6 is 22.9 Å². The van der Waals surface area contributed by atoms with Gasteiger partial charge >= 0.3 is 6.03 Å². The number of aromatic nitrogens is 1. The van der Waals surface area contributed by atoms with Crippen LogP contribution in [0.2, 0.25) is 5.02 Å². The minimum absolute atomic E-state index is 0.00431. The van der Waals surface area contributed by atoms with E-state index in [1.807, 2.05) is 57.3 Å². The van der Waals surface area contributed by atoms with Crippen molar-refractivity contribution in [2.45, 2.75) is 51.6 Å². The van der Waals surface area contributed by atoms with E-state index < -0.39 is 5.92 Å². The minimum atomic E-state index is -0.516. The maximum Gasteiger partial charge on any atom is 0.322 e. The lowest BCUT2D eigenvalue weighted by molar-refractivity contribution is -0.142. The van der Waals surface area contributed by atoms with Crippen molar-refractivity contribution in [2.24, 2.45) is 5.92 Å². The first-order chi connectivity index (χ1) is 21.8. The van der Waals surface area contributed by atoms with Crippen LogP contribution in [-0.4, -0.2) is 82.8 Å². The summed E-state index contributed by atoms with van der Waals surface area (Å²) in [6.45, 7) is 6.35. The molecule has 0 spiro atoms. The van der Waals surface area contributed by atoms with Gasteiger partial charge in [0.25, 0.3) is 0 Å². The average molecular weight is 650 g/mol. The molecule has 3 aliphatic heterocycles. The number of carbonyl (C=O) groups excluding carboxylic acids is 3. The number of carbonyl (C=O) groups is 3. The molecule has 6 rings (SSSR count). The zero-order valence-corrected chi connectivity index (χ0v) is 27.2. The smallest absolute Gasteiger partial charge is 0.322 e. The predicted octanol–water partition coefficient (Wildman–Crippen LogP) is 4.88.